The van der Waals surface area contributed by atoms with E-state index in [0.29, 0.717) is 6.54 Å². The number of carbonyl (C=O) groups is 2. The molecular formula is C22H28N4O5S. The molecule has 0 spiro atoms. The van der Waals surface area contributed by atoms with Crippen LogP contribution in [0.5, 0.6) is 5.75 Å². The molecule has 10 heteroatoms. The fourth-order valence-electron chi connectivity index (χ4n) is 3.57. The largest absolute Gasteiger partial charge is 0.496 e. The summed E-state index contributed by atoms with van der Waals surface area (Å²) in [6.45, 7) is 0.513. The van der Waals surface area contributed by atoms with Crippen LogP contribution in [0.3, 0.4) is 0 Å². The van der Waals surface area contributed by atoms with Gasteiger partial charge in [0.1, 0.15) is 5.75 Å². The van der Waals surface area contributed by atoms with Crippen LogP contribution in [-0.4, -0.2) is 76.8 Å². The van der Waals surface area contributed by atoms with E-state index in [4.69, 9.17) is 4.74 Å². The fraction of sp³-hybridized carbons (Fsp3) is 0.364. The molecule has 1 atom stereocenters. The number of carbonyl (C=O) groups excluding carboxylic acids is 2. The Hall–Kier alpha value is -2.95. The maximum atomic E-state index is 12.9. The topological polar surface area (TPSA) is 108 Å². The number of para-hydroxylation sites is 1. The zero-order chi connectivity index (χ0) is 23.3. The van der Waals surface area contributed by atoms with Crippen molar-refractivity contribution < 1.29 is 22.7 Å². The summed E-state index contributed by atoms with van der Waals surface area (Å²) in [6.07, 6.45) is 0. The van der Waals surface area contributed by atoms with Gasteiger partial charge in [-0.05, 0) is 38.4 Å². The van der Waals surface area contributed by atoms with Crippen molar-refractivity contribution in [2.45, 2.75) is 10.9 Å². The summed E-state index contributed by atoms with van der Waals surface area (Å²) in [5.41, 5.74) is 1.16. The average molecular weight is 461 g/mol. The molecule has 1 heterocycles. The Balaban J connectivity index is 1.76. The lowest BCUT2D eigenvalue weighted by molar-refractivity contribution is -0.122. The molecule has 2 N–H and O–H groups in total. The summed E-state index contributed by atoms with van der Waals surface area (Å²) < 4.78 is 32.4. The summed E-state index contributed by atoms with van der Waals surface area (Å²) in [6, 6.07) is 13.3. The minimum atomic E-state index is -3.88. The molecule has 1 aliphatic heterocycles. The van der Waals surface area contributed by atoms with E-state index in [2.05, 4.69) is 10.6 Å². The van der Waals surface area contributed by atoms with Gasteiger partial charge in [0.2, 0.25) is 15.9 Å². The second-order valence-corrected chi connectivity index (χ2v) is 9.59. The summed E-state index contributed by atoms with van der Waals surface area (Å²) in [4.78, 5) is 26.4. The highest BCUT2D eigenvalue weighted by Crippen LogP contribution is 2.27. The van der Waals surface area contributed by atoms with Crippen molar-refractivity contribution in [3.63, 3.8) is 0 Å². The van der Waals surface area contributed by atoms with Crippen molar-refractivity contribution in [1.82, 2.24) is 19.8 Å². The van der Waals surface area contributed by atoms with E-state index in [0.717, 1.165) is 15.6 Å². The van der Waals surface area contributed by atoms with Gasteiger partial charge < -0.3 is 20.3 Å². The monoisotopic (exact) mass is 460 g/mol. The van der Waals surface area contributed by atoms with E-state index in [1.165, 1.54) is 18.2 Å². The molecule has 0 saturated carbocycles. The Bertz CT molecular complexity index is 1090. The number of hydrogen-bond donors (Lipinski definition) is 2. The maximum Gasteiger partial charge on any atom is 0.251 e. The summed E-state index contributed by atoms with van der Waals surface area (Å²) in [5.74, 6) is -0.0147. The maximum absolute atomic E-state index is 12.9. The molecule has 2 aromatic carbocycles. The van der Waals surface area contributed by atoms with Gasteiger partial charge in [-0.25, -0.2) is 8.42 Å². The second-order valence-electron chi connectivity index (χ2n) is 7.65. The van der Waals surface area contributed by atoms with Crippen molar-refractivity contribution in [3.8, 4) is 5.75 Å². The molecular weight excluding hydrogens is 432 g/mol. The highest BCUT2D eigenvalue weighted by Gasteiger charge is 2.29. The van der Waals surface area contributed by atoms with Crippen LogP contribution < -0.4 is 15.4 Å². The van der Waals surface area contributed by atoms with Gasteiger partial charge in [-0.1, -0.05) is 24.3 Å². The number of sulfonamides is 1. The van der Waals surface area contributed by atoms with Gasteiger partial charge in [0.25, 0.3) is 5.91 Å². The molecule has 0 aliphatic carbocycles. The number of benzene rings is 2. The number of nitrogens with zero attached hydrogens (tertiary/aromatic N) is 2. The average Bonchev–Trinajstić information content (AvgIpc) is 2.79. The van der Waals surface area contributed by atoms with Crippen LogP contribution in [0.25, 0.3) is 0 Å². The third-order valence-corrected chi connectivity index (χ3v) is 7.16. The van der Waals surface area contributed by atoms with Crippen molar-refractivity contribution in [2.24, 2.45) is 0 Å². The molecule has 0 aromatic heterocycles. The van der Waals surface area contributed by atoms with E-state index in [-0.39, 0.29) is 47.9 Å². The third kappa shape index (κ3) is 5.26. The number of piperazine rings is 1. The molecule has 3 rings (SSSR count). The number of nitrogens with one attached hydrogen (secondary N) is 2. The smallest absolute Gasteiger partial charge is 0.251 e. The first-order valence-corrected chi connectivity index (χ1v) is 11.6. The van der Waals surface area contributed by atoms with Gasteiger partial charge in [0.05, 0.1) is 24.6 Å². The molecule has 172 valence electrons. The van der Waals surface area contributed by atoms with E-state index in [1.54, 1.807) is 13.2 Å². The number of likely N-dealkylation sites (N-methyl/N-ethyl adjacent to an activating group) is 1. The SMILES string of the molecule is COc1ccccc1C(CNC(=O)c1cccc(S(=O)(=O)N2CCNC(=O)C2)c1)N(C)C. The molecule has 32 heavy (non-hydrogen) atoms. The van der Waals surface area contributed by atoms with E-state index < -0.39 is 10.0 Å². The lowest BCUT2D eigenvalue weighted by atomic mass is 10.0. The normalized spacial score (nSPS) is 15.8. The van der Waals surface area contributed by atoms with Crippen LogP contribution in [-0.2, 0) is 14.8 Å². The molecule has 2 amide bonds. The lowest BCUT2D eigenvalue weighted by Gasteiger charge is -2.27. The zero-order valence-corrected chi connectivity index (χ0v) is 19.2. The van der Waals surface area contributed by atoms with Crippen molar-refractivity contribution in [2.75, 3.05) is 47.4 Å². The third-order valence-electron chi connectivity index (χ3n) is 5.31. The van der Waals surface area contributed by atoms with Crippen LogP contribution in [0.1, 0.15) is 22.0 Å². The molecule has 0 radical (unpaired) electrons. The van der Waals surface area contributed by atoms with E-state index >= 15 is 0 Å². The summed E-state index contributed by atoms with van der Waals surface area (Å²) >= 11 is 0. The van der Waals surface area contributed by atoms with Crippen LogP contribution in [0, 0.1) is 0 Å². The Morgan fingerprint density at radius 1 is 1.22 bits per heavy atom. The van der Waals surface area contributed by atoms with Gasteiger partial charge in [0, 0.05) is 30.8 Å². The van der Waals surface area contributed by atoms with Gasteiger partial charge in [-0.3, -0.25) is 9.59 Å². The van der Waals surface area contributed by atoms with Crippen LogP contribution in [0.15, 0.2) is 53.4 Å². The molecule has 1 saturated heterocycles. The first-order valence-electron chi connectivity index (χ1n) is 10.2. The lowest BCUT2D eigenvalue weighted by Crippen LogP contribution is -2.49. The Morgan fingerprint density at radius 3 is 2.66 bits per heavy atom. The van der Waals surface area contributed by atoms with E-state index in [9.17, 15) is 18.0 Å². The summed E-state index contributed by atoms with van der Waals surface area (Å²) in [7, 11) is 1.54. The van der Waals surface area contributed by atoms with Crippen LogP contribution in [0.2, 0.25) is 0 Å². The molecule has 9 nitrogen and oxygen atoms in total. The van der Waals surface area contributed by atoms with Crippen LogP contribution in [0.4, 0.5) is 0 Å². The van der Waals surface area contributed by atoms with Crippen molar-refractivity contribution >= 4 is 21.8 Å². The second kappa shape index (κ2) is 10.1. The molecule has 2 aromatic rings. The zero-order valence-electron chi connectivity index (χ0n) is 18.4. The highest BCUT2D eigenvalue weighted by molar-refractivity contribution is 7.89. The Labute approximate surface area is 188 Å². The minimum Gasteiger partial charge on any atom is -0.496 e. The quantitative estimate of drug-likeness (QED) is 0.605. The number of ether oxygens (including phenoxy) is 1. The fourth-order valence-corrected chi connectivity index (χ4v) is 5.01. The Kier molecular flexibility index (Phi) is 7.49. The number of hydrogen-bond acceptors (Lipinski definition) is 6. The first-order chi connectivity index (χ1) is 15.2. The first kappa shape index (κ1) is 23.7. The predicted octanol–water partition coefficient (Wildman–Crippen LogP) is 0.848. The van der Waals surface area contributed by atoms with Gasteiger partial charge >= 0.3 is 0 Å². The molecule has 1 unspecified atom stereocenters. The number of amides is 2. The van der Waals surface area contributed by atoms with E-state index in [1.807, 2.05) is 43.3 Å². The number of methoxy groups -OCH3 is 1. The van der Waals surface area contributed by atoms with Gasteiger partial charge in [-0.15, -0.1) is 0 Å². The van der Waals surface area contributed by atoms with Crippen molar-refractivity contribution in [3.05, 3.63) is 59.7 Å². The Morgan fingerprint density at radius 2 is 1.97 bits per heavy atom. The molecule has 1 aliphatic rings. The van der Waals surface area contributed by atoms with Gasteiger partial charge in [0.15, 0.2) is 0 Å². The molecule has 1 fully saturated rings. The number of rotatable bonds is 8. The molecule has 0 bridgehead atoms. The van der Waals surface area contributed by atoms with Gasteiger partial charge in [-0.2, -0.15) is 4.31 Å². The highest BCUT2D eigenvalue weighted by atomic mass is 32.2. The summed E-state index contributed by atoms with van der Waals surface area (Å²) in [5, 5.41) is 5.49. The standard InChI is InChI=1S/C22H28N4O5S/c1-25(2)19(18-9-4-5-10-20(18)31-3)14-24-22(28)16-7-6-8-17(13-16)32(29,30)26-12-11-23-21(27)15-26/h4-10,13,19H,11-12,14-15H2,1-3H3,(H,23,27)(H,24,28). The predicted molar refractivity (Wildman–Crippen MR) is 120 cm³/mol. The van der Waals surface area contributed by atoms with Crippen molar-refractivity contribution in [1.29, 1.82) is 0 Å². The minimum absolute atomic E-state index is 0.0197. The van der Waals surface area contributed by atoms with Crippen LogP contribution >= 0.6 is 0 Å².